The molecule has 0 unspecified atom stereocenters. The van der Waals surface area contributed by atoms with E-state index < -0.39 is 0 Å². The van der Waals surface area contributed by atoms with E-state index in [1.807, 2.05) is 41.3 Å². The summed E-state index contributed by atoms with van der Waals surface area (Å²) in [6, 6.07) is 15.4. The number of methoxy groups -OCH3 is 1. The number of ether oxygens (including phenoxy) is 1. The molecule has 5 heteroatoms. The molecule has 0 atom stereocenters. The number of carbonyl (C=O) groups is 1. The van der Waals surface area contributed by atoms with Gasteiger partial charge >= 0.3 is 0 Å². The molecular weight excluding hydrogens is 290 g/mol. The van der Waals surface area contributed by atoms with Crippen LogP contribution in [0.3, 0.4) is 0 Å². The Labute approximate surface area is 134 Å². The molecule has 116 valence electrons. The summed E-state index contributed by atoms with van der Waals surface area (Å²) in [7, 11) is 1.60. The Morgan fingerprint density at radius 3 is 2.87 bits per heavy atom. The summed E-state index contributed by atoms with van der Waals surface area (Å²) < 4.78 is 7.40. The normalized spacial score (nSPS) is 13.9. The van der Waals surface area contributed by atoms with E-state index in [9.17, 15) is 4.79 Å². The first-order valence-corrected chi connectivity index (χ1v) is 7.64. The summed E-state index contributed by atoms with van der Waals surface area (Å²) in [4.78, 5) is 19.2. The molecule has 0 bridgehead atoms. The molecule has 23 heavy (non-hydrogen) atoms. The Balaban J connectivity index is 1.63. The summed E-state index contributed by atoms with van der Waals surface area (Å²) in [6.45, 7) is 1.99. The van der Waals surface area contributed by atoms with E-state index in [1.165, 1.54) is 0 Å². The minimum Gasteiger partial charge on any atom is -0.497 e. The van der Waals surface area contributed by atoms with Crippen LogP contribution < -0.4 is 4.74 Å². The number of carbonyl (C=O) groups excluding carboxylic acids is 1. The van der Waals surface area contributed by atoms with Gasteiger partial charge in [0, 0.05) is 18.7 Å². The van der Waals surface area contributed by atoms with E-state index in [-0.39, 0.29) is 5.91 Å². The summed E-state index contributed by atoms with van der Waals surface area (Å²) in [5.74, 6) is 1.65. The fourth-order valence-corrected chi connectivity index (χ4v) is 3.08. The Morgan fingerprint density at radius 1 is 1.13 bits per heavy atom. The van der Waals surface area contributed by atoms with E-state index >= 15 is 0 Å². The number of rotatable bonds is 2. The van der Waals surface area contributed by atoms with Crippen LogP contribution in [0.2, 0.25) is 0 Å². The van der Waals surface area contributed by atoms with Gasteiger partial charge in [0.2, 0.25) is 0 Å². The molecule has 0 aliphatic carbocycles. The fourth-order valence-electron chi connectivity index (χ4n) is 3.08. The van der Waals surface area contributed by atoms with E-state index in [0.29, 0.717) is 24.4 Å². The molecule has 1 amide bonds. The molecule has 0 saturated heterocycles. The molecule has 0 N–H and O–H groups in total. The molecule has 3 aromatic rings. The lowest BCUT2D eigenvalue weighted by atomic mass is 10.1. The molecule has 0 saturated carbocycles. The second-order valence-corrected chi connectivity index (χ2v) is 5.63. The summed E-state index contributed by atoms with van der Waals surface area (Å²) in [5.41, 5.74) is 2.77. The first-order chi connectivity index (χ1) is 11.3. The van der Waals surface area contributed by atoms with Crippen LogP contribution in [0.1, 0.15) is 16.2 Å². The summed E-state index contributed by atoms with van der Waals surface area (Å²) >= 11 is 0. The van der Waals surface area contributed by atoms with E-state index in [4.69, 9.17) is 4.74 Å². The minimum absolute atomic E-state index is 0.0159. The average Bonchev–Trinajstić information content (AvgIpc) is 2.98. The minimum atomic E-state index is 0.0159. The van der Waals surface area contributed by atoms with Gasteiger partial charge in [0.15, 0.2) is 0 Å². The van der Waals surface area contributed by atoms with Crippen molar-refractivity contribution in [1.29, 1.82) is 0 Å². The van der Waals surface area contributed by atoms with Crippen LogP contribution in [-0.2, 0) is 13.1 Å². The maximum absolute atomic E-state index is 12.7. The lowest BCUT2D eigenvalue weighted by molar-refractivity contribution is 0.0708. The molecule has 5 nitrogen and oxygen atoms in total. The van der Waals surface area contributed by atoms with Gasteiger partial charge in [0.05, 0.1) is 24.7 Å². The number of nitrogens with zero attached hydrogens (tertiary/aromatic N) is 3. The van der Waals surface area contributed by atoms with Crippen LogP contribution in [0.25, 0.3) is 11.0 Å². The van der Waals surface area contributed by atoms with E-state index in [1.54, 1.807) is 13.2 Å². The van der Waals surface area contributed by atoms with Crippen molar-refractivity contribution in [3.63, 3.8) is 0 Å². The van der Waals surface area contributed by atoms with Crippen molar-refractivity contribution in [2.45, 2.75) is 13.1 Å². The van der Waals surface area contributed by atoms with Gasteiger partial charge in [0.25, 0.3) is 5.91 Å². The molecule has 0 radical (unpaired) electrons. The monoisotopic (exact) mass is 307 g/mol. The Kier molecular flexibility index (Phi) is 3.26. The van der Waals surface area contributed by atoms with E-state index in [2.05, 4.69) is 15.6 Å². The number of amides is 1. The fraction of sp³-hybridized carbons (Fsp3) is 0.222. The molecule has 0 fully saturated rings. The number of benzene rings is 2. The van der Waals surface area contributed by atoms with E-state index in [0.717, 1.165) is 23.4 Å². The molecule has 1 aliphatic heterocycles. The Bertz CT molecular complexity index is 885. The quantitative estimate of drug-likeness (QED) is 0.731. The third kappa shape index (κ3) is 2.34. The van der Waals surface area contributed by atoms with Crippen molar-refractivity contribution in [2.75, 3.05) is 13.7 Å². The van der Waals surface area contributed by atoms with Crippen LogP contribution in [0.5, 0.6) is 5.75 Å². The molecule has 4 rings (SSSR count). The smallest absolute Gasteiger partial charge is 0.254 e. The highest BCUT2D eigenvalue weighted by Gasteiger charge is 2.24. The Hall–Kier alpha value is -2.82. The molecular formula is C18H17N3O2. The molecule has 1 aliphatic rings. The van der Waals surface area contributed by atoms with Crippen LogP contribution >= 0.6 is 0 Å². The average molecular weight is 307 g/mol. The predicted molar refractivity (Wildman–Crippen MR) is 87.5 cm³/mol. The SMILES string of the molecule is COc1cccc(C(=O)N2CCn3c(nc4ccccc43)C2)c1. The van der Waals surface area contributed by atoms with Crippen molar-refractivity contribution >= 4 is 16.9 Å². The van der Waals surface area contributed by atoms with Crippen molar-refractivity contribution in [3.05, 3.63) is 59.9 Å². The molecule has 2 aromatic carbocycles. The zero-order valence-electron chi connectivity index (χ0n) is 12.9. The van der Waals surface area contributed by atoms with Crippen molar-refractivity contribution in [3.8, 4) is 5.75 Å². The van der Waals surface area contributed by atoms with Gasteiger partial charge in [-0.15, -0.1) is 0 Å². The second kappa shape index (κ2) is 5.43. The van der Waals surface area contributed by atoms with Gasteiger partial charge in [-0.2, -0.15) is 0 Å². The van der Waals surface area contributed by atoms with Crippen LogP contribution in [0, 0.1) is 0 Å². The maximum Gasteiger partial charge on any atom is 0.254 e. The number of para-hydroxylation sites is 2. The summed E-state index contributed by atoms with van der Waals surface area (Å²) in [6.07, 6.45) is 0. The zero-order valence-corrected chi connectivity index (χ0v) is 12.9. The third-order valence-electron chi connectivity index (χ3n) is 4.26. The molecule has 1 aromatic heterocycles. The van der Waals surface area contributed by atoms with Crippen molar-refractivity contribution < 1.29 is 9.53 Å². The van der Waals surface area contributed by atoms with Gasteiger partial charge in [-0.1, -0.05) is 18.2 Å². The number of aromatic nitrogens is 2. The zero-order chi connectivity index (χ0) is 15.8. The first-order valence-electron chi connectivity index (χ1n) is 7.64. The van der Waals surface area contributed by atoms with Gasteiger partial charge in [0.1, 0.15) is 11.6 Å². The number of fused-ring (bicyclic) bond motifs is 3. The van der Waals surface area contributed by atoms with Crippen molar-refractivity contribution in [2.24, 2.45) is 0 Å². The number of imidazole rings is 1. The molecule has 0 spiro atoms. The van der Waals surface area contributed by atoms with Gasteiger partial charge in [-0.05, 0) is 30.3 Å². The topological polar surface area (TPSA) is 47.4 Å². The number of hydrogen-bond donors (Lipinski definition) is 0. The lowest BCUT2D eigenvalue weighted by Gasteiger charge is -2.28. The van der Waals surface area contributed by atoms with Crippen LogP contribution in [0.4, 0.5) is 0 Å². The van der Waals surface area contributed by atoms with Gasteiger partial charge in [-0.3, -0.25) is 4.79 Å². The Morgan fingerprint density at radius 2 is 2.00 bits per heavy atom. The highest BCUT2D eigenvalue weighted by atomic mass is 16.5. The van der Waals surface area contributed by atoms with Crippen LogP contribution in [0.15, 0.2) is 48.5 Å². The highest BCUT2D eigenvalue weighted by molar-refractivity contribution is 5.94. The predicted octanol–water partition coefficient (Wildman–Crippen LogP) is 2.70. The standard InChI is InChI=1S/C18H17N3O2/c1-23-14-6-4-5-13(11-14)18(22)20-9-10-21-16-8-3-2-7-15(16)19-17(21)12-20/h2-8,11H,9-10,12H2,1H3. The van der Waals surface area contributed by atoms with Crippen molar-refractivity contribution in [1.82, 2.24) is 14.5 Å². The van der Waals surface area contributed by atoms with Gasteiger partial charge in [-0.25, -0.2) is 4.98 Å². The van der Waals surface area contributed by atoms with Crippen LogP contribution in [-0.4, -0.2) is 34.0 Å². The second-order valence-electron chi connectivity index (χ2n) is 5.63. The maximum atomic E-state index is 12.7. The first kappa shape index (κ1) is 13.8. The third-order valence-corrected chi connectivity index (χ3v) is 4.26. The van der Waals surface area contributed by atoms with Gasteiger partial charge < -0.3 is 14.2 Å². The number of hydrogen-bond acceptors (Lipinski definition) is 3. The lowest BCUT2D eigenvalue weighted by Crippen LogP contribution is -2.38. The molecule has 2 heterocycles. The summed E-state index contributed by atoms with van der Waals surface area (Å²) in [5, 5.41) is 0. The highest BCUT2D eigenvalue weighted by Crippen LogP contribution is 2.22. The largest absolute Gasteiger partial charge is 0.497 e.